The largest absolute Gasteiger partial charge is 0.208 e. The highest BCUT2D eigenvalue weighted by atomic mass is 15.0. The third-order valence-electron chi connectivity index (χ3n) is 9.11. The standard InChI is InChI=1S/C45H29N3/c1-3-12-30(13-4-1)38-26-27-39(41-21-10-9-20-40(38)41)34-17-11-18-35(28-34)44-46-43(33-15-5-2-6-16-33)47-45(48-44)36-25-24-32-23-22-31-14-7-8-19-37(31)42(32)29-36/h1-29H. The van der Waals surface area contributed by atoms with Gasteiger partial charge in [0.25, 0.3) is 0 Å². The normalized spacial score (nSPS) is 11.3. The van der Waals surface area contributed by atoms with E-state index in [0.29, 0.717) is 17.5 Å². The lowest BCUT2D eigenvalue weighted by molar-refractivity contribution is 1.07. The van der Waals surface area contributed by atoms with E-state index >= 15 is 0 Å². The molecule has 0 saturated carbocycles. The Labute approximate surface area is 278 Å². The Kier molecular flexibility index (Phi) is 6.80. The first-order valence-corrected chi connectivity index (χ1v) is 16.2. The fourth-order valence-electron chi connectivity index (χ4n) is 6.74. The van der Waals surface area contributed by atoms with Crippen LogP contribution in [0, 0.1) is 0 Å². The molecule has 0 amide bonds. The van der Waals surface area contributed by atoms with Crippen molar-refractivity contribution in [1.29, 1.82) is 0 Å². The van der Waals surface area contributed by atoms with Crippen molar-refractivity contribution in [1.82, 2.24) is 15.0 Å². The monoisotopic (exact) mass is 611 g/mol. The molecular weight excluding hydrogens is 583 g/mol. The SMILES string of the molecule is c1ccc(-c2nc(-c3cccc(-c4ccc(-c5ccccc5)c5ccccc45)c3)nc(-c3ccc4ccc5ccccc5c4c3)n2)cc1. The van der Waals surface area contributed by atoms with E-state index in [9.17, 15) is 0 Å². The lowest BCUT2D eigenvalue weighted by Crippen LogP contribution is -2.00. The second kappa shape index (κ2) is 11.7. The Morgan fingerprint density at radius 3 is 1.40 bits per heavy atom. The van der Waals surface area contributed by atoms with Gasteiger partial charge in [-0.1, -0.05) is 164 Å². The van der Waals surface area contributed by atoms with Crippen molar-refractivity contribution in [2.45, 2.75) is 0 Å². The average molecular weight is 612 g/mol. The van der Waals surface area contributed by atoms with Crippen molar-refractivity contribution in [3.05, 3.63) is 176 Å². The topological polar surface area (TPSA) is 38.7 Å². The lowest BCUT2D eigenvalue weighted by atomic mass is 9.91. The van der Waals surface area contributed by atoms with Gasteiger partial charge in [-0.05, 0) is 66.7 Å². The van der Waals surface area contributed by atoms with Crippen LogP contribution in [0.5, 0.6) is 0 Å². The molecule has 224 valence electrons. The van der Waals surface area contributed by atoms with Crippen LogP contribution in [0.25, 0.3) is 88.7 Å². The zero-order valence-corrected chi connectivity index (χ0v) is 26.1. The van der Waals surface area contributed by atoms with E-state index in [1.165, 1.54) is 49.0 Å². The van der Waals surface area contributed by atoms with Gasteiger partial charge in [0.1, 0.15) is 0 Å². The first kappa shape index (κ1) is 27.8. The zero-order valence-electron chi connectivity index (χ0n) is 26.1. The fraction of sp³-hybridized carbons (Fsp3) is 0. The molecule has 1 aromatic heterocycles. The summed E-state index contributed by atoms with van der Waals surface area (Å²) in [7, 11) is 0. The van der Waals surface area contributed by atoms with Gasteiger partial charge < -0.3 is 0 Å². The maximum Gasteiger partial charge on any atom is 0.164 e. The van der Waals surface area contributed by atoms with Crippen LogP contribution in [0.2, 0.25) is 0 Å². The van der Waals surface area contributed by atoms with Crippen molar-refractivity contribution in [3.63, 3.8) is 0 Å². The molecule has 0 atom stereocenters. The molecule has 0 saturated heterocycles. The zero-order chi connectivity index (χ0) is 31.9. The van der Waals surface area contributed by atoms with Crippen molar-refractivity contribution in [2.24, 2.45) is 0 Å². The Balaban J connectivity index is 1.20. The van der Waals surface area contributed by atoms with Crippen LogP contribution in [0.4, 0.5) is 0 Å². The van der Waals surface area contributed by atoms with Gasteiger partial charge in [0, 0.05) is 16.7 Å². The van der Waals surface area contributed by atoms with Crippen molar-refractivity contribution >= 4 is 32.3 Å². The Hall–Kier alpha value is -6.45. The minimum Gasteiger partial charge on any atom is -0.208 e. The van der Waals surface area contributed by atoms with Gasteiger partial charge in [0.05, 0.1) is 0 Å². The number of benzene rings is 8. The van der Waals surface area contributed by atoms with Gasteiger partial charge in [0.15, 0.2) is 17.5 Å². The van der Waals surface area contributed by atoms with Crippen LogP contribution in [-0.2, 0) is 0 Å². The van der Waals surface area contributed by atoms with Crippen LogP contribution < -0.4 is 0 Å². The number of rotatable bonds is 5. The minimum atomic E-state index is 0.643. The van der Waals surface area contributed by atoms with Gasteiger partial charge >= 0.3 is 0 Å². The molecule has 9 rings (SSSR count). The Morgan fingerprint density at radius 1 is 0.250 bits per heavy atom. The van der Waals surface area contributed by atoms with Crippen LogP contribution in [0.3, 0.4) is 0 Å². The molecule has 0 fully saturated rings. The lowest BCUT2D eigenvalue weighted by Gasteiger charge is -2.13. The summed E-state index contributed by atoms with van der Waals surface area (Å²) in [5, 5.41) is 7.23. The van der Waals surface area contributed by atoms with Gasteiger partial charge in [-0.2, -0.15) is 0 Å². The molecule has 0 radical (unpaired) electrons. The molecule has 0 spiro atoms. The quantitative estimate of drug-likeness (QED) is 0.182. The molecule has 8 aromatic carbocycles. The summed E-state index contributed by atoms with van der Waals surface area (Å²) in [6.45, 7) is 0. The second-order valence-corrected chi connectivity index (χ2v) is 12.0. The third-order valence-corrected chi connectivity index (χ3v) is 9.11. The summed E-state index contributed by atoms with van der Waals surface area (Å²) >= 11 is 0. The molecule has 0 unspecified atom stereocenters. The molecule has 48 heavy (non-hydrogen) atoms. The number of fused-ring (bicyclic) bond motifs is 4. The summed E-state index contributed by atoms with van der Waals surface area (Å²) in [5.41, 5.74) is 7.57. The molecule has 1 heterocycles. The highest BCUT2D eigenvalue weighted by molar-refractivity contribution is 6.08. The van der Waals surface area contributed by atoms with Gasteiger partial charge in [-0.25, -0.2) is 15.0 Å². The maximum atomic E-state index is 5.11. The molecule has 3 nitrogen and oxygen atoms in total. The Bertz CT molecular complexity index is 2610. The van der Waals surface area contributed by atoms with E-state index in [4.69, 9.17) is 15.0 Å². The molecule has 0 bridgehead atoms. The van der Waals surface area contributed by atoms with Crippen molar-refractivity contribution in [3.8, 4) is 56.4 Å². The smallest absolute Gasteiger partial charge is 0.164 e. The highest BCUT2D eigenvalue weighted by Gasteiger charge is 2.15. The maximum absolute atomic E-state index is 5.11. The summed E-state index contributed by atoms with van der Waals surface area (Å²) in [6, 6.07) is 61.7. The van der Waals surface area contributed by atoms with Crippen LogP contribution >= 0.6 is 0 Å². The number of hydrogen-bond donors (Lipinski definition) is 0. The van der Waals surface area contributed by atoms with E-state index < -0.39 is 0 Å². The minimum absolute atomic E-state index is 0.643. The summed E-state index contributed by atoms with van der Waals surface area (Å²) in [6.07, 6.45) is 0. The predicted octanol–water partition coefficient (Wildman–Crippen LogP) is 11.7. The summed E-state index contributed by atoms with van der Waals surface area (Å²) in [4.78, 5) is 15.2. The average Bonchev–Trinajstić information content (AvgIpc) is 3.18. The third kappa shape index (κ3) is 4.99. The molecule has 3 heteroatoms. The van der Waals surface area contributed by atoms with Crippen molar-refractivity contribution in [2.75, 3.05) is 0 Å². The Morgan fingerprint density at radius 2 is 0.708 bits per heavy atom. The number of aromatic nitrogens is 3. The van der Waals surface area contributed by atoms with E-state index in [-0.39, 0.29) is 0 Å². The van der Waals surface area contributed by atoms with Crippen LogP contribution in [0.1, 0.15) is 0 Å². The first-order valence-electron chi connectivity index (χ1n) is 16.2. The summed E-state index contributed by atoms with van der Waals surface area (Å²) in [5.74, 6) is 1.94. The number of nitrogens with zero attached hydrogens (tertiary/aromatic N) is 3. The first-order chi connectivity index (χ1) is 23.8. The van der Waals surface area contributed by atoms with Gasteiger partial charge in [-0.15, -0.1) is 0 Å². The fourth-order valence-corrected chi connectivity index (χ4v) is 6.74. The second-order valence-electron chi connectivity index (χ2n) is 12.0. The molecule has 0 N–H and O–H groups in total. The molecule has 9 aromatic rings. The molecular formula is C45H29N3. The van der Waals surface area contributed by atoms with Crippen LogP contribution in [-0.4, -0.2) is 15.0 Å². The van der Waals surface area contributed by atoms with Gasteiger partial charge in [-0.3, -0.25) is 0 Å². The predicted molar refractivity (Wildman–Crippen MR) is 200 cm³/mol. The van der Waals surface area contributed by atoms with Crippen molar-refractivity contribution < 1.29 is 0 Å². The van der Waals surface area contributed by atoms with E-state index in [1.807, 2.05) is 30.3 Å². The molecule has 0 aliphatic carbocycles. The molecule has 0 aliphatic rings. The van der Waals surface area contributed by atoms with Gasteiger partial charge in [0.2, 0.25) is 0 Å². The van der Waals surface area contributed by atoms with Crippen LogP contribution in [0.15, 0.2) is 176 Å². The van der Waals surface area contributed by atoms with E-state index in [1.54, 1.807) is 0 Å². The summed E-state index contributed by atoms with van der Waals surface area (Å²) < 4.78 is 0. The molecule has 0 aliphatic heterocycles. The van der Waals surface area contributed by atoms with E-state index in [0.717, 1.165) is 22.3 Å². The highest BCUT2D eigenvalue weighted by Crippen LogP contribution is 2.37. The van der Waals surface area contributed by atoms with E-state index in [2.05, 4.69) is 146 Å². The number of hydrogen-bond acceptors (Lipinski definition) is 3.